The van der Waals surface area contributed by atoms with Gasteiger partial charge in [0.05, 0.1) is 0 Å². The smallest absolute Gasteiger partial charge is 0.270 e. The first-order chi connectivity index (χ1) is 7.91. The molecule has 1 rings (SSSR count). The summed E-state index contributed by atoms with van der Waals surface area (Å²) in [5, 5.41) is 2.45. The molecule has 0 saturated heterocycles. The highest BCUT2D eigenvalue weighted by Crippen LogP contribution is 1.99. The largest absolute Gasteiger partial charge is 0.347 e. The van der Waals surface area contributed by atoms with Crippen LogP contribution in [0.15, 0.2) is 18.2 Å². The average Bonchev–Trinajstić information content (AvgIpc) is 2.27. The van der Waals surface area contributed by atoms with Crippen molar-refractivity contribution in [3.8, 4) is 0 Å². The molecule has 1 N–H and O–H groups in total. The number of likely N-dealkylation sites (N-methyl/N-ethyl adjacent to an activating group) is 1. The second kappa shape index (κ2) is 5.38. The van der Waals surface area contributed by atoms with Gasteiger partial charge >= 0.3 is 0 Å². The van der Waals surface area contributed by atoms with Crippen LogP contribution in [0.4, 0.5) is 4.39 Å². The maximum absolute atomic E-state index is 12.8. The molecule has 1 unspecified atom stereocenters. The fraction of sp³-hybridized carbons (Fsp3) is 0.364. The van der Waals surface area contributed by atoms with Crippen LogP contribution in [0.3, 0.4) is 0 Å². The lowest BCUT2D eigenvalue weighted by molar-refractivity contribution is -0.130. The molecule has 1 atom stereocenters. The zero-order valence-electron chi connectivity index (χ0n) is 9.90. The van der Waals surface area contributed by atoms with E-state index in [1.54, 1.807) is 21.0 Å². The molecule has 1 aromatic heterocycles. The molecule has 0 aromatic carbocycles. The summed E-state index contributed by atoms with van der Waals surface area (Å²) in [6.45, 7) is 1.56. The van der Waals surface area contributed by atoms with Crippen LogP contribution in [-0.4, -0.2) is 41.8 Å². The highest BCUT2D eigenvalue weighted by molar-refractivity contribution is 5.95. The number of halogens is 1. The third kappa shape index (κ3) is 3.51. The van der Waals surface area contributed by atoms with Gasteiger partial charge in [-0.1, -0.05) is 6.07 Å². The van der Waals surface area contributed by atoms with Crippen molar-refractivity contribution < 1.29 is 14.0 Å². The topological polar surface area (TPSA) is 62.3 Å². The number of hydrogen-bond donors (Lipinski definition) is 1. The first-order valence-electron chi connectivity index (χ1n) is 5.06. The van der Waals surface area contributed by atoms with Gasteiger partial charge in [-0.2, -0.15) is 4.39 Å². The first-order valence-corrected chi connectivity index (χ1v) is 5.06. The van der Waals surface area contributed by atoms with E-state index in [1.165, 1.54) is 17.0 Å². The third-order valence-electron chi connectivity index (χ3n) is 2.11. The van der Waals surface area contributed by atoms with Gasteiger partial charge in [0.25, 0.3) is 5.91 Å². The summed E-state index contributed by atoms with van der Waals surface area (Å²) in [5.41, 5.74) is -0.0524. The number of carbonyl (C=O) groups is 2. The number of nitrogens with one attached hydrogen (secondary N) is 1. The van der Waals surface area contributed by atoms with Crippen molar-refractivity contribution in [2.24, 2.45) is 0 Å². The second-order valence-electron chi connectivity index (χ2n) is 3.77. The SMILES string of the molecule is CC(NC(=O)c1cccc(F)n1)C(=O)N(C)C. The van der Waals surface area contributed by atoms with Gasteiger partial charge in [-0.15, -0.1) is 0 Å². The molecule has 0 aliphatic rings. The molecule has 0 spiro atoms. The van der Waals surface area contributed by atoms with Crippen molar-refractivity contribution in [2.45, 2.75) is 13.0 Å². The van der Waals surface area contributed by atoms with Crippen LogP contribution in [0.25, 0.3) is 0 Å². The minimum atomic E-state index is -0.732. The maximum atomic E-state index is 12.8. The Morgan fingerprint density at radius 2 is 2.06 bits per heavy atom. The molecule has 1 aromatic rings. The molecular weight excluding hydrogens is 225 g/mol. The number of rotatable bonds is 3. The molecule has 0 aliphatic heterocycles. The van der Waals surface area contributed by atoms with Crippen molar-refractivity contribution in [3.05, 3.63) is 29.8 Å². The van der Waals surface area contributed by atoms with E-state index in [-0.39, 0.29) is 11.6 Å². The van der Waals surface area contributed by atoms with Gasteiger partial charge in [0.1, 0.15) is 11.7 Å². The number of aromatic nitrogens is 1. The van der Waals surface area contributed by atoms with Crippen LogP contribution in [0.1, 0.15) is 17.4 Å². The van der Waals surface area contributed by atoms with Crippen molar-refractivity contribution in [3.63, 3.8) is 0 Å². The van der Waals surface area contributed by atoms with Crippen LogP contribution >= 0.6 is 0 Å². The van der Waals surface area contributed by atoms with Crippen LogP contribution in [0.5, 0.6) is 0 Å². The summed E-state index contributed by atoms with van der Waals surface area (Å²) in [6.07, 6.45) is 0. The Morgan fingerprint density at radius 3 is 2.59 bits per heavy atom. The Morgan fingerprint density at radius 1 is 1.41 bits per heavy atom. The Bertz CT molecular complexity index is 434. The van der Waals surface area contributed by atoms with Gasteiger partial charge in [0.15, 0.2) is 0 Å². The summed E-state index contributed by atoms with van der Waals surface area (Å²) in [6, 6.07) is 3.23. The van der Waals surface area contributed by atoms with E-state index in [1.807, 2.05) is 0 Å². The van der Waals surface area contributed by atoms with E-state index in [4.69, 9.17) is 0 Å². The number of nitrogens with zero attached hydrogens (tertiary/aromatic N) is 2. The van der Waals surface area contributed by atoms with Crippen molar-refractivity contribution in [1.29, 1.82) is 0 Å². The van der Waals surface area contributed by atoms with Gasteiger partial charge in [-0.3, -0.25) is 9.59 Å². The predicted molar refractivity (Wildman–Crippen MR) is 59.8 cm³/mol. The second-order valence-corrected chi connectivity index (χ2v) is 3.77. The maximum Gasteiger partial charge on any atom is 0.270 e. The predicted octanol–water partition coefficient (Wildman–Crippen LogP) is 0.427. The van der Waals surface area contributed by atoms with E-state index < -0.39 is 17.9 Å². The molecule has 17 heavy (non-hydrogen) atoms. The molecule has 0 bridgehead atoms. The monoisotopic (exact) mass is 239 g/mol. The quantitative estimate of drug-likeness (QED) is 0.778. The summed E-state index contributed by atoms with van der Waals surface area (Å²) in [5.74, 6) is -1.55. The third-order valence-corrected chi connectivity index (χ3v) is 2.11. The van der Waals surface area contributed by atoms with Crippen molar-refractivity contribution >= 4 is 11.8 Å². The molecule has 2 amide bonds. The molecule has 92 valence electrons. The van der Waals surface area contributed by atoms with Crippen LogP contribution in [0, 0.1) is 5.95 Å². The van der Waals surface area contributed by atoms with E-state index in [0.717, 1.165) is 6.07 Å². The Balaban J connectivity index is 2.70. The average molecular weight is 239 g/mol. The number of hydrogen-bond acceptors (Lipinski definition) is 3. The molecule has 6 heteroatoms. The standard InChI is InChI=1S/C11H14FN3O2/c1-7(11(17)15(2)3)13-10(16)8-5-4-6-9(12)14-8/h4-7H,1-3H3,(H,13,16). The van der Waals surface area contributed by atoms with Gasteiger partial charge in [0.2, 0.25) is 11.9 Å². The molecule has 1 heterocycles. The lowest BCUT2D eigenvalue weighted by Gasteiger charge is -2.17. The molecular formula is C11H14FN3O2. The normalized spacial score (nSPS) is 11.8. The zero-order valence-corrected chi connectivity index (χ0v) is 9.90. The molecule has 5 nitrogen and oxygen atoms in total. The van der Waals surface area contributed by atoms with E-state index in [0.29, 0.717) is 0 Å². The van der Waals surface area contributed by atoms with Crippen molar-refractivity contribution in [2.75, 3.05) is 14.1 Å². The Kier molecular flexibility index (Phi) is 4.14. The fourth-order valence-corrected chi connectivity index (χ4v) is 1.25. The van der Waals surface area contributed by atoms with Crippen LogP contribution in [-0.2, 0) is 4.79 Å². The Hall–Kier alpha value is -1.98. The molecule has 0 aliphatic carbocycles. The van der Waals surface area contributed by atoms with Gasteiger partial charge < -0.3 is 10.2 Å². The van der Waals surface area contributed by atoms with Gasteiger partial charge in [0, 0.05) is 14.1 Å². The van der Waals surface area contributed by atoms with E-state index >= 15 is 0 Å². The summed E-state index contributed by atoms with van der Waals surface area (Å²) < 4.78 is 12.8. The Labute approximate surface area is 98.6 Å². The van der Waals surface area contributed by atoms with E-state index in [9.17, 15) is 14.0 Å². The summed E-state index contributed by atoms with van der Waals surface area (Å²) in [4.78, 5) is 27.9. The molecule has 0 fully saturated rings. The highest BCUT2D eigenvalue weighted by atomic mass is 19.1. The lowest BCUT2D eigenvalue weighted by Crippen LogP contribution is -2.44. The summed E-state index contributed by atoms with van der Waals surface area (Å²) >= 11 is 0. The molecule has 0 saturated carbocycles. The molecule has 0 radical (unpaired) electrons. The fourth-order valence-electron chi connectivity index (χ4n) is 1.25. The number of carbonyl (C=O) groups excluding carboxylic acids is 2. The number of pyridine rings is 1. The van der Waals surface area contributed by atoms with Crippen molar-refractivity contribution in [1.82, 2.24) is 15.2 Å². The minimum Gasteiger partial charge on any atom is -0.347 e. The van der Waals surface area contributed by atoms with Crippen LogP contribution in [0.2, 0.25) is 0 Å². The summed E-state index contributed by atoms with van der Waals surface area (Å²) in [7, 11) is 3.18. The minimum absolute atomic E-state index is 0.0524. The van der Waals surface area contributed by atoms with E-state index in [2.05, 4.69) is 10.3 Å². The highest BCUT2D eigenvalue weighted by Gasteiger charge is 2.18. The zero-order chi connectivity index (χ0) is 13.0. The van der Waals surface area contributed by atoms with Gasteiger partial charge in [-0.05, 0) is 19.1 Å². The number of amides is 2. The van der Waals surface area contributed by atoms with Crippen LogP contribution < -0.4 is 5.32 Å². The first kappa shape index (κ1) is 13.1. The van der Waals surface area contributed by atoms with Gasteiger partial charge in [-0.25, -0.2) is 4.98 Å². The lowest BCUT2D eigenvalue weighted by atomic mass is 10.2.